The lowest BCUT2D eigenvalue weighted by atomic mass is 10.2. The maximum atomic E-state index is 5.38. The van der Waals surface area contributed by atoms with Gasteiger partial charge in [-0.1, -0.05) is 18.2 Å². The molecular formula is C15H22IN5O. The molecule has 1 aromatic carbocycles. The van der Waals surface area contributed by atoms with Gasteiger partial charge in [-0.25, -0.2) is 0 Å². The second-order valence-corrected chi connectivity index (χ2v) is 4.65. The first-order valence-electron chi connectivity index (χ1n) is 6.76. The number of halogens is 1. The van der Waals surface area contributed by atoms with Gasteiger partial charge in [0.05, 0.1) is 19.3 Å². The van der Waals surface area contributed by atoms with Crippen LogP contribution < -0.4 is 10.1 Å². The molecule has 0 unspecified atom stereocenters. The fourth-order valence-electron chi connectivity index (χ4n) is 2.11. The van der Waals surface area contributed by atoms with Crippen molar-refractivity contribution < 1.29 is 4.74 Å². The predicted octanol–water partition coefficient (Wildman–Crippen LogP) is 2.24. The number of rotatable bonds is 5. The highest BCUT2D eigenvalue weighted by atomic mass is 127. The number of H-pyrrole nitrogens is 1. The van der Waals surface area contributed by atoms with Crippen LogP contribution in [0.3, 0.4) is 0 Å². The number of hydrogen-bond acceptors (Lipinski definition) is 3. The fraction of sp³-hybridized carbons (Fsp3) is 0.333. The zero-order chi connectivity index (χ0) is 15.1. The van der Waals surface area contributed by atoms with Gasteiger partial charge >= 0.3 is 0 Å². The number of nitrogens with zero attached hydrogens (tertiary/aromatic N) is 3. The summed E-state index contributed by atoms with van der Waals surface area (Å²) in [6, 6.07) is 9.92. The molecule has 2 rings (SSSR count). The van der Waals surface area contributed by atoms with Crippen LogP contribution in [0.15, 0.2) is 41.5 Å². The number of ether oxygens (including phenoxy) is 1. The Morgan fingerprint density at radius 2 is 2.14 bits per heavy atom. The van der Waals surface area contributed by atoms with Crippen LogP contribution in [0.25, 0.3) is 0 Å². The maximum absolute atomic E-state index is 5.38. The summed E-state index contributed by atoms with van der Waals surface area (Å²) in [5, 5.41) is 10.1. The minimum atomic E-state index is 0. The molecule has 1 heterocycles. The van der Waals surface area contributed by atoms with E-state index in [1.807, 2.05) is 36.2 Å². The first-order valence-corrected chi connectivity index (χ1v) is 6.76. The van der Waals surface area contributed by atoms with Crippen molar-refractivity contribution in [3.63, 3.8) is 0 Å². The first kappa shape index (κ1) is 18.3. The van der Waals surface area contributed by atoms with Gasteiger partial charge in [-0.05, 0) is 12.1 Å². The lowest BCUT2D eigenvalue weighted by Gasteiger charge is -2.22. The third kappa shape index (κ3) is 4.90. The van der Waals surface area contributed by atoms with Crippen molar-refractivity contribution in [3.8, 4) is 5.75 Å². The van der Waals surface area contributed by atoms with Gasteiger partial charge in [0.2, 0.25) is 0 Å². The number of aromatic nitrogens is 2. The van der Waals surface area contributed by atoms with Crippen molar-refractivity contribution in [2.45, 2.75) is 13.1 Å². The zero-order valence-electron chi connectivity index (χ0n) is 13.0. The smallest absolute Gasteiger partial charge is 0.194 e. The second-order valence-electron chi connectivity index (χ2n) is 4.65. The Morgan fingerprint density at radius 1 is 1.36 bits per heavy atom. The molecule has 0 saturated heterocycles. The second kappa shape index (κ2) is 9.29. The SMILES string of the molecule is CN=C(NCc1ccn[nH]1)N(C)Cc1ccccc1OC.I. The summed E-state index contributed by atoms with van der Waals surface area (Å²) in [5.41, 5.74) is 2.13. The van der Waals surface area contributed by atoms with Crippen molar-refractivity contribution in [1.82, 2.24) is 20.4 Å². The molecule has 0 aliphatic carbocycles. The van der Waals surface area contributed by atoms with E-state index in [1.165, 1.54) is 0 Å². The number of methoxy groups -OCH3 is 1. The number of aliphatic imine (C=N–C) groups is 1. The average molecular weight is 415 g/mol. The van der Waals surface area contributed by atoms with Gasteiger partial charge in [-0.2, -0.15) is 5.10 Å². The Kier molecular flexibility index (Phi) is 7.72. The van der Waals surface area contributed by atoms with Crippen molar-refractivity contribution in [2.75, 3.05) is 21.2 Å². The van der Waals surface area contributed by atoms with Crippen LogP contribution in [0.2, 0.25) is 0 Å². The number of aromatic amines is 1. The van der Waals surface area contributed by atoms with Gasteiger partial charge in [0.15, 0.2) is 5.96 Å². The summed E-state index contributed by atoms with van der Waals surface area (Å²) in [6.45, 7) is 1.37. The van der Waals surface area contributed by atoms with Gasteiger partial charge in [-0.15, -0.1) is 24.0 Å². The van der Waals surface area contributed by atoms with Gasteiger partial charge < -0.3 is 15.0 Å². The molecule has 7 heteroatoms. The van der Waals surface area contributed by atoms with E-state index >= 15 is 0 Å². The van der Waals surface area contributed by atoms with Gasteiger partial charge in [0, 0.05) is 32.4 Å². The zero-order valence-corrected chi connectivity index (χ0v) is 15.4. The van der Waals surface area contributed by atoms with Crippen LogP contribution in [0.5, 0.6) is 5.75 Å². The van der Waals surface area contributed by atoms with Crippen molar-refractivity contribution in [3.05, 3.63) is 47.8 Å². The molecule has 120 valence electrons. The van der Waals surface area contributed by atoms with E-state index < -0.39 is 0 Å². The van der Waals surface area contributed by atoms with Crippen LogP contribution >= 0.6 is 24.0 Å². The molecule has 0 aliphatic heterocycles. The van der Waals surface area contributed by atoms with Crippen LogP contribution in [0, 0.1) is 0 Å². The minimum absolute atomic E-state index is 0. The Balaban J connectivity index is 0.00000242. The molecule has 0 fully saturated rings. The van der Waals surface area contributed by atoms with Gasteiger partial charge in [0.1, 0.15) is 5.75 Å². The van der Waals surface area contributed by atoms with E-state index in [2.05, 4.69) is 26.6 Å². The summed E-state index contributed by atoms with van der Waals surface area (Å²) in [4.78, 5) is 6.35. The lowest BCUT2D eigenvalue weighted by Crippen LogP contribution is -2.38. The molecule has 2 aromatic rings. The highest BCUT2D eigenvalue weighted by Gasteiger charge is 2.09. The molecule has 1 aromatic heterocycles. The standard InChI is InChI=1S/C15H21N5O.HI/c1-16-15(17-10-13-8-9-18-19-13)20(2)11-12-6-4-5-7-14(12)21-3;/h4-9H,10-11H2,1-3H3,(H,16,17)(H,18,19);1H. The topological polar surface area (TPSA) is 65.5 Å². The predicted molar refractivity (Wildman–Crippen MR) is 98.7 cm³/mol. The molecule has 2 N–H and O–H groups in total. The van der Waals surface area contributed by atoms with E-state index in [0.717, 1.165) is 23.0 Å². The highest BCUT2D eigenvalue weighted by molar-refractivity contribution is 14.0. The lowest BCUT2D eigenvalue weighted by molar-refractivity contribution is 0.396. The summed E-state index contributed by atoms with van der Waals surface area (Å²) < 4.78 is 5.38. The van der Waals surface area contributed by atoms with Crippen LogP contribution in [0.1, 0.15) is 11.3 Å². The number of para-hydroxylation sites is 1. The van der Waals surface area contributed by atoms with E-state index in [9.17, 15) is 0 Å². The number of hydrogen-bond donors (Lipinski definition) is 2. The molecule has 22 heavy (non-hydrogen) atoms. The van der Waals surface area contributed by atoms with E-state index in [-0.39, 0.29) is 24.0 Å². The van der Waals surface area contributed by atoms with Gasteiger partial charge in [-0.3, -0.25) is 10.1 Å². The Hall–Kier alpha value is -1.77. The van der Waals surface area contributed by atoms with E-state index in [1.54, 1.807) is 20.4 Å². The Morgan fingerprint density at radius 3 is 2.77 bits per heavy atom. The molecule has 0 spiro atoms. The van der Waals surface area contributed by atoms with Crippen molar-refractivity contribution in [2.24, 2.45) is 4.99 Å². The molecule has 0 atom stereocenters. The number of benzene rings is 1. The Labute approximate surface area is 148 Å². The van der Waals surface area contributed by atoms with Crippen LogP contribution in [-0.2, 0) is 13.1 Å². The molecule has 0 aliphatic rings. The summed E-state index contributed by atoms with van der Waals surface area (Å²) in [5.74, 6) is 1.70. The highest BCUT2D eigenvalue weighted by Crippen LogP contribution is 2.18. The van der Waals surface area contributed by atoms with Crippen molar-refractivity contribution >= 4 is 29.9 Å². The molecule has 0 radical (unpaired) electrons. The Bertz CT molecular complexity index is 585. The summed E-state index contributed by atoms with van der Waals surface area (Å²) in [6.07, 6.45) is 1.73. The summed E-state index contributed by atoms with van der Waals surface area (Å²) in [7, 11) is 5.45. The third-order valence-electron chi connectivity index (χ3n) is 3.17. The molecule has 6 nitrogen and oxygen atoms in total. The molecule has 0 bridgehead atoms. The van der Waals surface area contributed by atoms with Crippen LogP contribution in [0.4, 0.5) is 0 Å². The molecule has 0 amide bonds. The first-order chi connectivity index (χ1) is 10.2. The number of nitrogens with one attached hydrogen (secondary N) is 2. The van der Waals surface area contributed by atoms with Gasteiger partial charge in [0.25, 0.3) is 0 Å². The average Bonchev–Trinajstić information content (AvgIpc) is 3.02. The van der Waals surface area contributed by atoms with Crippen molar-refractivity contribution in [1.29, 1.82) is 0 Å². The summed E-state index contributed by atoms with van der Waals surface area (Å²) >= 11 is 0. The monoisotopic (exact) mass is 415 g/mol. The quantitative estimate of drug-likeness (QED) is 0.447. The van der Waals surface area contributed by atoms with E-state index in [0.29, 0.717) is 13.1 Å². The molecular weight excluding hydrogens is 393 g/mol. The normalized spacial score (nSPS) is 10.8. The largest absolute Gasteiger partial charge is 0.496 e. The van der Waals surface area contributed by atoms with Crippen LogP contribution in [-0.4, -0.2) is 42.3 Å². The fourth-order valence-corrected chi connectivity index (χ4v) is 2.11. The minimum Gasteiger partial charge on any atom is -0.496 e. The third-order valence-corrected chi connectivity index (χ3v) is 3.17. The molecule has 0 saturated carbocycles. The number of guanidine groups is 1. The maximum Gasteiger partial charge on any atom is 0.194 e. The van der Waals surface area contributed by atoms with E-state index in [4.69, 9.17) is 4.74 Å².